The largest absolute Gasteiger partial charge is 0.354 e. The molecule has 1 aromatic carbocycles. The Hall–Kier alpha value is -2.08. The lowest BCUT2D eigenvalue weighted by atomic mass is 9.93. The molecule has 1 N–H and O–H groups in total. The van der Waals surface area contributed by atoms with Crippen molar-refractivity contribution >= 4 is 16.9 Å². The number of amides is 1. The van der Waals surface area contributed by atoms with Crippen LogP contribution in [-0.2, 0) is 17.9 Å². The number of hydrogen-bond donors (Lipinski definition) is 1. The monoisotopic (exact) mass is 386 g/mol. The molecule has 0 saturated carbocycles. The lowest BCUT2D eigenvalue weighted by Gasteiger charge is -2.43. The lowest BCUT2D eigenvalue weighted by Crippen LogP contribution is -2.54. The van der Waals surface area contributed by atoms with Gasteiger partial charge >= 0.3 is 5.69 Å². The molecule has 1 aromatic heterocycles. The summed E-state index contributed by atoms with van der Waals surface area (Å²) >= 11 is 0. The minimum atomic E-state index is -0.0561. The van der Waals surface area contributed by atoms with E-state index in [0.29, 0.717) is 32.0 Å². The predicted molar refractivity (Wildman–Crippen MR) is 114 cm³/mol. The van der Waals surface area contributed by atoms with Gasteiger partial charge in [-0.25, -0.2) is 4.79 Å². The third kappa shape index (κ3) is 4.32. The Labute approximate surface area is 167 Å². The number of likely N-dealkylation sites (tertiary alicyclic amines) is 1. The highest BCUT2D eigenvalue weighted by atomic mass is 16.2. The highest BCUT2D eigenvalue weighted by Crippen LogP contribution is 2.23. The van der Waals surface area contributed by atoms with Crippen LogP contribution in [0.2, 0.25) is 0 Å². The average Bonchev–Trinajstić information content (AvgIpc) is 2.95. The molecule has 1 aliphatic heterocycles. The topological polar surface area (TPSA) is 59.3 Å². The first kappa shape index (κ1) is 20.6. The maximum Gasteiger partial charge on any atom is 0.329 e. The van der Waals surface area contributed by atoms with Crippen LogP contribution in [0.3, 0.4) is 0 Å². The molecule has 0 bridgehead atoms. The first-order valence-corrected chi connectivity index (χ1v) is 10.5. The molecule has 1 fully saturated rings. The Bertz CT molecular complexity index is 880. The van der Waals surface area contributed by atoms with Gasteiger partial charge in [0, 0.05) is 38.1 Å². The SMILES string of the molecule is CCn1c(=O)n(CCC(=O)NCC(C)(C)N2CCCC(C)C2)c2ccccc21. The summed E-state index contributed by atoms with van der Waals surface area (Å²) in [5.74, 6) is 0.713. The van der Waals surface area contributed by atoms with Gasteiger partial charge in [0.2, 0.25) is 5.91 Å². The van der Waals surface area contributed by atoms with Crippen LogP contribution >= 0.6 is 0 Å². The van der Waals surface area contributed by atoms with Gasteiger partial charge in [-0.3, -0.25) is 18.8 Å². The van der Waals surface area contributed by atoms with Gasteiger partial charge in [-0.1, -0.05) is 19.1 Å². The molecule has 6 heteroatoms. The Morgan fingerprint density at radius 2 is 1.89 bits per heavy atom. The molecule has 3 rings (SSSR count). The van der Waals surface area contributed by atoms with E-state index in [4.69, 9.17) is 0 Å². The summed E-state index contributed by atoms with van der Waals surface area (Å²) in [4.78, 5) is 27.6. The van der Waals surface area contributed by atoms with Gasteiger partial charge in [0.1, 0.15) is 0 Å². The summed E-state index contributed by atoms with van der Waals surface area (Å²) in [7, 11) is 0. The highest BCUT2D eigenvalue weighted by Gasteiger charge is 2.30. The normalized spacial score (nSPS) is 18.5. The fourth-order valence-electron chi connectivity index (χ4n) is 4.26. The smallest absolute Gasteiger partial charge is 0.329 e. The minimum absolute atomic E-state index is 0.00152. The van der Waals surface area contributed by atoms with Crippen molar-refractivity contribution in [2.24, 2.45) is 5.92 Å². The number of nitrogens with one attached hydrogen (secondary N) is 1. The Morgan fingerprint density at radius 3 is 2.54 bits per heavy atom. The predicted octanol–water partition coefficient (Wildman–Crippen LogP) is 2.84. The Morgan fingerprint density at radius 1 is 1.21 bits per heavy atom. The van der Waals surface area contributed by atoms with Gasteiger partial charge in [-0.15, -0.1) is 0 Å². The number of imidazole rings is 1. The molecule has 1 unspecified atom stereocenters. The molecule has 1 amide bonds. The molecule has 1 atom stereocenters. The molecule has 0 spiro atoms. The van der Waals surface area contributed by atoms with E-state index >= 15 is 0 Å². The van der Waals surface area contributed by atoms with Gasteiger partial charge in [-0.05, 0) is 58.2 Å². The van der Waals surface area contributed by atoms with Crippen molar-refractivity contribution in [3.8, 4) is 0 Å². The van der Waals surface area contributed by atoms with E-state index in [0.717, 1.165) is 24.1 Å². The van der Waals surface area contributed by atoms with Gasteiger partial charge in [0.25, 0.3) is 0 Å². The maximum atomic E-state index is 12.7. The van der Waals surface area contributed by atoms with Crippen molar-refractivity contribution in [1.82, 2.24) is 19.4 Å². The average molecular weight is 387 g/mol. The first-order chi connectivity index (χ1) is 13.3. The number of aryl methyl sites for hydroxylation is 2. The number of hydrogen-bond acceptors (Lipinski definition) is 3. The van der Waals surface area contributed by atoms with Crippen LogP contribution in [0.1, 0.15) is 47.0 Å². The van der Waals surface area contributed by atoms with Crippen LogP contribution < -0.4 is 11.0 Å². The van der Waals surface area contributed by atoms with Crippen molar-refractivity contribution < 1.29 is 4.79 Å². The number of fused-ring (bicyclic) bond motifs is 1. The molecular weight excluding hydrogens is 352 g/mol. The zero-order valence-corrected chi connectivity index (χ0v) is 17.7. The number of benzene rings is 1. The van der Waals surface area contributed by atoms with Gasteiger partial charge < -0.3 is 5.32 Å². The third-order valence-electron chi connectivity index (χ3n) is 6.04. The standard InChI is InChI=1S/C22H34N4O2/c1-5-25-18-10-6-7-11-19(18)26(21(25)28)14-12-20(27)23-16-22(3,4)24-13-8-9-17(2)15-24/h6-7,10-11,17H,5,8-9,12-16H2,1-4H3,(H,23,27). The quantitative estimate of drug-likeness (QED) is 0.796. The molecule has 0 radical (unpaired) electrons. The number of carbonyl (C=O) groups is 1. The molecule has 2 heterocycles. The maximum absolute atomic E-state index is 12.7. The van der Waals surface area contributed by atoms with Crippen LogP contribution in [0.5, 0.6) is 0 Å². The Balaban J connectivity index is 1.60. The first-order valence-electron chi connectivity index (χ1n) is 10.5. The summed E-state index contributed by atoms with van der Waals surface area (Å²) in [6.45, 7) is 12.5. The van der Waals surface area contributed by atoms with E-state index in [1.165, 1.54) is 12.8 Å². The number of rotatable bonds is 7. The zero-order chi connectivity index (χ0) is 20.3. The van der Waals surface area contributed by atoms with Crippen molar-refractivity contribution in [3.05, 3.63) is 34.7 Å². The van der Waals surface area contributed by atoms with Crippen molar-refractivity contribution in [2.75, 3.05) is 19.6 Å². The molecule has 154 valence electrons. The number of aromatic nitrogens is 2. The molecule has 1 saturated heterocycles. The van der Waals surface area contributed by atoms with Crippen LogP contribution in [0.15, 0.2) is 29.1 Å². The molecular formula is C22H34N4O2. The molecule has 0 aliphatic carbocycles. The van der Waals surface area contributed by atoms with Crippen molar-refractivity contribution in [1.29, 1.82) is 0 Å². The van der Waals surface area contributed by atoms with Gasteiger partial charge in [0.05, 0.1) is 11.0 Å². The molecule has 1 aliphatic rings. The highest BCUT2D eigenvalue weighted by molar-refractivity contribution is 5.78. The van der Waals surface area contributed by atoms with Crippen molar-refractivity contribution in [2.45, 2.75) is 65.6 Å². The fourth-order valence-corrected chi connectivity index (χ4v) is 4.26. The summed E-state index contributed by atoms with van der Waals surface area (Å²) < 4.78 is 3.48. The van der Waals surface area contributed by atoms with Crippen LogP contribution in [0.25, 0.3) is 11.0 Å². The van der Waals surface area contributed by atoms with Gasteiger partial charge in [0.15, 0.2) is 0 Å². The summed E-state index contributed by atoms with van der Waals surface area (Å²) in [6, 6.07) is 7.77. The second-order valence-electron chi connectivity index (χ2n) is 8.70. The van der Waals surface area contributed by atoms with E-state index in [1.807, 2.05) is 31.2 Å². The van der Waals surface area contributed by atoms with E-state index in [1.54, 1.807) is 9.13 Å². The van der Waals surface area contributed by atoms with Crippen molar-refractivity contribution in [3.63, 3.8) is 0 Å². The third-order valence-corrected chi connectivity index (χ3v) is 6.04. The summed E-state index contributed by atoms with van der Waals surface area (Å²) in [5.41, 5.74) is 1.72. The van der Waals surface area contributed by atoms with Crippen LogP contribution in [0, 0.1) is 5.92 Å². The number of para-hydroxylation sites is 2. The van der Waals surface area contributed by atoms with Crippen LogP contribution in [0.4, 0.5) is 0 Å². The molecule has 6 nitrogen and oxygen atoms in total. The Kier molecular flexibility index (Phi) is 6.28. The van der Waals surface area contributed by atoms with E-state index in [9.17, 15) is 9.59 Å². The van der Waals surface area contributed by atoms with E-state index in [2.05, 4.69) is 31.0 Å². The second kappa shape index (κ2) is 8.52. The van der Waals surface area contributed by atoms with Gasteiger partial charge in [-0.2, -0.15) is 0 Å². The minimum Gasteiger partial charge on any atom is -0.354 e. The summed E-state index contributed by atoms with van der Waals surface area (Å²) in [6.07, 6.45) is 2.83. The zero-order valence-electron chi connectivity index (χ0n) is 17.7. The molecule has 2 aromatic rings. The van der Waals surface area contributed by atoms with E-state index < -0.39 is 0 Å². The fraction of sp³-hybridized carbons (Fsp3) is 0.636. The number of nitrogens with zero attached hydrogens (tertiary/aromatic N) is 3. The van der Waals surface area contributed by atoms with Crippen LogP contribution in [-0.4, -0.2) is 45.1 Å². The van der Waals surface area contributed by atoms with E-state index in [-0.39, 0.29) is 17.1 Å². The second-order valence-corrected chi connectivity index (χ2v) is 8.70. The summed E-state index contributed by atoms with van der Waals surface area (Å²) in [5, 5.41) is 3.09. The lowest BCUT2D eigenvalue weighted by molar-refractivity contribution is -0.122. The number of piperidine rings is 1. The number of carbonyl (C=O) groups excluding carboxylic acids is 1. The molecule has 28 heavy (non-hydrogen) atoms.